The topological polar surface area (TPSA) is 41.5 Å². The van der Waals surface area contributed by atoms with Gasteiger partial charge in [0.1, 0.15) is 17.7 Å². The summed E-state index contributed by atoms with van der Waals surface area (Å²) in [7, 11) is 0. The third-order valence-electron chi connectivity index (χ3n) is 2.94. The van der Waals surface area contributed by atoms with Gasteiger partial charge in [-0.1, -0.05) is 6.92 Å². The van der Waals surface area contributed by atoms with Crippen LogP contribution in [0.3, 0.4) is 0 Å². The van der Waals surface area contributed by atoms with Crippen LogP contribution in [0.5, 0.6) is 0 Å². The average Bonchev–Trinajstić information content (AvgIpc) is 2.31. The monoisotopic (exact) mass is 341 g/mol. The van der Waals surface area contributed by atoms with Gasteiger partial charge in [0.25, 0.3) is 0 Å². The van der Waals surface area contributed by atoms with Gasteiger partial charge < -0.3 is 15.2 Å². The average molecular weight is 341 g/mol. The molecule has 23 heavy (non-hydrogen) atoms. The molecule has 0 aliphatic heterocycles. The lowest BCUT2D eigenvalue weighted by molar-refractivity contribution is -0.172. The Morgan fingerprint density at radius 2 is 1.61 bits per heavy atom. The largest absolute Gasteiger partial charge is 0.408 e. The van der Waals surface area contributed by atoms with Crippen molar-refractivity contribution >= 4 is 5.69 Å². The van der Waals surface area contributed by atoms with Crippen LogP contribution in [0.25, 0.3) is 0 Å². The normalized spacial score (nSPS) is 15.4. The van der Waals surface area contributed by atoms with Crippen molar-refractivity contribution in [3.63, 3.8) is 0 Å². The van der Waals surface area contributed by atoms with Crippen molar-refractivity contribution < 1.29 is 31.8 Å². The summed E-state index contributed by atoms with van der Waals surface area (Å²) >= 11 is 0. The van der Waals surface area contributed by atoms with Crippen molar-refractivity contribution in [2.75, 3.05) is 5.32 Å². The van der Waals surface area contributed by atoms with Crippen molar-refractivity contribution in [1.82, 2.24) is 0 Å². The van der Waals surface area contributed by atoms with Gasteiger partial charge in [0, 0.05) is 5.69 Å². The van der Waals surface area contributed by atoms with E-state index in [0.29, 0.717) is 12.1 Å². The fraction of sp³-hybridized carbons (Fsp3) is 0.600. The quantitative estimate of drug-likeness (QED) is 0.611. The molecule has 0 saturated carbocycles. The molecule has 0 saturated heterocycles. The summed E-state index contributed by atoms with van der Waals surface area (Å²) in [5.74, 6) is -2.39. The number of aliphatic hydroxyl groups excluding tert-OH is 1. The second-order valence-electron chi connectivity index (χ2n) is 6.08. The van der Waals surface area contributed by atoms with E-state index >= 15 is 0 Å². The molecule has 1 unspecified atom stereocenters. The maximum absolute atomic E-state index is 14.0. The van der Waals surface area contributed by atoms with Crippen LogP contribution in [0, 0.1) is 11.6 Å². The summed E-state index contributed by atoms with van der Waals surface area (Å²) in [6.45, 7) is 6.04. The van der Waals surface area contributed by atoms with Crippen LogP contribution in [-0.2, 0) is 4.74 Å². The highest BCUT2D eigenvalue weighted by Crippen LogP contribution is 2.31. The molecule has 3 nitrogen and oxygen atoms in total. The molecule has 0 amide bonds. The second kappa shape index (κ2) is 7.00. The van der Waals surface area contributed by atoms with Crippen LogP contribution < -0.4 is 5.32 Å². The maximum Gasteiger partial charge on any atom is 0.408 e. The molecule has 0 aliphatic rings. The molecule has 1 aromatic rings. The minimum Gasteiger partial charge on any atom is -0.374 e. The van der Waals surface area contributed by atoms with Crippen LogP contribution in [0.1, 0.15) is 46.0 Å². The van der Waals surface area contributed by atoms with E-state index in [1.54, 1.807) is 20.8 Å². The number of aliphatic hydroxyl groups is 1. The van der Waals surface area contributed by atoms with Crippen molar-refractivity contribution in [2.24, 2.45) is 0 Å². The number of hydrogen-bond acceptors (Lipinski definition) is 3. The molecular weight excluding hydrogens is 321 g/mol. The van der Waals surface area contributed by atoms with Gasteiger partial charge in [0.15, 0.2) is 6.29 Å². The highest BCUT2D eigenvalue weighted by molar-refractivity contribution is 5.47. The number of anilines is 1. The molecule has 0 aromatic heterocycles. The highest BCUT2D eigenvalue weighted by Gasteiger charge is 2.38. The molecular formula is C15H20F5NO2. The first-order chi connectivity index (χ1) is 10.3. The zero-order chi connectivity index (χ0) is 18.0. The fourth-order valence-corrected chi connectivity index (χ4v) is 1.91. The van der Waals surface area contributed by atoms with Gasteiger partial charge in [-0.05, 0) is 39.3 Å². The zero-order valence-electron chi connectivity index (χ0n) is 13.3. The second-order valence-corrected chi connectivity index (χ2v) is 6.08. The first-order valence-corrected chi connectivity index (χ1v) is 7.03. The third-order valence-corrected chi connectivity index (χ3v) is 2.94. The van der Waals surface area contributed by atoms with Crippen LogP contribution in [-0.4, -0.2) is 22.9 Å². The molecule has 0 bridgehead atoms. The van der Waals surface area contributed by atoms with E-state index in [-0.39, 0.29) is 12.1 Å². The lowest BCUT2D eigenvalue weighted by atomic mass is 10.1. The Kier molecular flexibility index (Phi) is 5.98. The Balaban J connectivity index is 3.06. The van der Waals surface area contributed by atoms with Crippen LogP contribution in [0.2, 0.25) is 0 Å². The lowest BCUT2D eigenvalue weighted by Gasteiger charge is -2.25. The molecule has 132 valence electrons. The molecule has 8 heteroatoms. The zero-order valence-corrected chi connectivity index (χ0v) is 13.3. The van der Waals surface area contributed by atoms with Crippen molar-refractivity contribution in [2.45, 2.75) is 58.2 Å². The number of ether oxygens (including phenoxy) is 1. The summed E-state index contributed by atoms with van der Waals surface area (Å²) in [5, 5.41) is 11.8. The Morgan fingerprint density at radius 1 is 1.13 bits per heavy atom. The summed E-state index contributed by atoms with van der Waals surface area (Å²) in [6, 6.07) is -0.535. The van der Waals surface area contributed by atoms with Gasteiger partial charge in [-0.15, -0.1) is 0 Å². The van der Waals surface area contributed by atoms with E-state index in [0.717, 1.165) is 0 Å². The van der Waals surface area contributed by atoms with Crippen LogP contribution >= 0.6 is 0 Å². The lowest BCUT2D eigenvalue weighted by Crippen LogP contribution is -2.35. The minimum absolute atomic E-state index is 0.301. The molecule has 0 aliphatic carbocycles. The molecule has 0 radical (unpaired) electrons. The van der Waals surface area contributed by atoms with Crippen LogP contribution in [0.15, 0.2) is 12.1 Å². The fourth-order valence-electron chi connectivity index (χ4n) is 1.91. The summed E-state index contributed by atoms with van der Waals surface area (Å²) in [6.07, 6.45) is -6.71. The molecule has 1 rings (SSSR count). The number of halogens is 5. The molecule has 0 heterocycles. The molecule has 2 N–H and O–H groups in total. The predicted octanol–water partition coefficient (Wildman–Crippen LogP) is 4.52. The third kappa shape index (κ3) is 5.62. The van der Waals surface area contributed by atoms with Crippen molar-refractivity contribution in [1.29, 1.82) is 0 Å². The summed E-state index contributed by atoms with van der Waals surface area (Å²) < 4.78 is 71.1. The Morgan fingerprint density at radius 3 is 1.96 bits per heavy atom. The Hall–Kier alpha value is -1.41. The van der Waals surface area contributed by atoms with Crippen LogP contribution in [0.4, 0.5) is 27.6 Å². The summed E-state index contributed by atoms with van der Waals surface area (Å²) in [4.78, 5) is 0. The minimum atomic E-state index is -4.55. The number of alkyl halides is 3. The molecule has 0 fully saturated rings. The number of nitrogens with one attached hydrogen (secondary N) is 1. The number of rotatable bonds is 5. The maximum atomic E-state index is 14.0. The smallest absolute Gasteiger partial charge is 0.374 e. The van der Waals surface area contributed by atoms with Crippen molar-refractivity contribution in [3.8, 4) is 0 Å². The van der Waals surface area contributed by atoms with E-state index in [1.807, 2.05) is 5.32 Å². The standard InChI is InChI=1S/C15H20F5NO2/c1-5-11(15(18,19)20)21-8-6-9(16)12(10(17)7-8)13(22)23-14(2,3)4/h6-7,11,13,21-22H,5H2,1-4H3/t11-,13?/m1/s1. The SMILES string of the molecule is CC[C@@H](Nc1cc(F)c(C(O)OC(C)(C)C)c(F)c1)C(F)(F)F. The van der Waals surface area contributed by atoms with Gasteiger partial charge in [0.2, 0.25) is 0 Å². The van der Waals surface area contributed by atoms with Crippen molar-refractivity contribution in [3.05, 3.63) is 29.3 Å². The predicted molar refractivity (Wildman–Crippen MR) is 75.9 cm³/mol. The Bertz CT molecular complexity index is 517. The van der Waals surface area contributed by atoms with E-state index in [4.69, 9.17) is 4.74 Å². The highest BCUT2D eigenvalue weighted by atomic mass is 19.4. The van der Waals surface area contributed by atoms with Gasteiger partial charge in [-0.3, -0.25) is 0 Å². The summed E-state index contributed by atoms with van der Waals surface area (Å²) in [5.41, 5.74) is -1.97. The molecule has 2 atom stereocenters. The van der Waals surface area contributed by atoms with Gasteiger partial charge in [-0.25, -0.2) is 8.78 Å². The van der Waals surface area contributed by atoms with E-state index in [9.17, 15) is 27.1 Å². The first kappa shape index (κ1) is 19.6. The first-order valence-electron chi connectivity index (χ1n) is 7.03. The van der Waals surface area contributed by atoms with Gasteiger partial charge >= 0.3 is 6.18 Å². The molecule has 1 aromatic carbocycles. The Labute approximate surface area is 131 Å². The number of benzene rings is 1. The molecule has 0 spiro atoms. The van der Waals surface area contributed by atoms with E-state index in [1.165, 1.54) is 6.92 Å². The number of hydrogen-bond donors (Lipinski definition) is 2. The van der Waals surface area contributed by atoms with E-state index < -0.39 is 41.3 Å². The van der Waals surface area contributed by atoms with Gasteiger partial charge in [0.05, 0.1) is 11.2 Å². The van der Waals surface area contributed by atoms with E-state index in [2.05, 4.69) is 0 Å². The van der Waals surface area contributed by atoms with Gasteiger partial charge in [-0.2, -0.15) is 13.2 Å².